The van der Waals surface area contributed by atoms with Gasteiger partial charge in [0.05, 0.1) is 0 Å². The fraction of sp³-hybridized carbons (Fsp3) is 0.625. The average Bonchev–Trinajstić information content (AvgIpc) is 2.21. The zero-order chi connectivity index (χ0) is 11.0. The minimum absolute atomic E-state index is 0. The quantitative estimate of drug-likeness (QED) is 0.613. The first-order valence-corrected chi connectivity index (χ1v) is 5.80. The molecule has 0 bridgehead atoms. The lowest BCUT2D eigenvalue weighted by atomic mass is 9.97. The van der Waals surface area contributed by atoms with Crippen LogP contribution in [0.2, 0.25) is 0 Å². The SMILES string of the molecule is C.C.CC.CCc1ccccc1CC(C)C. The Hall–Kier alpha value is -0.780. The second kappa shape index (κ2) is 12.3. The Labute approximate surface area is 104 Å². The lowest BCUT2D eigenvalue weighted by molar-refractivity contribution is 0.643. The maximum absolute atomic E-state index is 2.27. The zero-order valence-electron chi connectivity index (χ0n) is 10.3. The molecule has 0 spiro atoms. The molecule has 0 aromatic heterocycles. The predicted molar refractivity (Wildman–Crippen MR) is 79.2 cm³/mol. The summed E-state index contributed by atoms with van der Waals surface area (Å²) in [5.41, 5.74) is 3.03. The van der Waals surface area contributed by atoms with Gasteiger partial charge in [0.25, 0.3) is 0 Å². The molecule has 0 aliphatic heterocycles. The number of rotatable bonds is 3. The van der Waals surface area contributed by atoms with Gasteiger partial charge in [-0.05, 0) is 29.9 Å². The Morgan fingerprint density at radius 1 is 0.938 bits per heavy atom. The molecule has 0 radical (unpaired) electrons. The van der Waals surface area contributed by atoms with E-state index >= 15 is 0 Å². The molecule has 16 heavy (non-hydrogen) atoms. The molecule has 0 atom stereocenters. The molecule has 1 aromatic rings. The highest BCUT2D eigenvalue weighted by atomic mass is 14.1. The first-order valence-electron chi connectivity index (χ1n) is 5.80. The van der Waals surface area contributed by atoms with Crippen LogP contribution in [0.5, 0.6) is 0 Å². The van der Waals surface area contributed by atoms with Gasteiger partial charge in [-0.25, -0.2) is 0 Å². The molecule has 0 N–H and O–H groups in total. The smallest absolute Gasteiger partial charge is 0.0253 e. The van der Waals surface area contributed by atoms with Crippen LogP contribution < -0.4 is 0 Å². The summed E-state index contributed by atoms with van der Waals surface area (Å²) >= 11 is 0. The Morgan fingerprint density at radius 3 is 1.75 bits per heavy atom. The molecule has 1 rings (SSSR count). The van der Waals surface area contributed by atoms with Gasteiger partial charge < -0.3 is 0 Å². The monoisotopic (exact) mass is 224 g/mol. The highest BCUT2D eigenvalue weighted by molar-refractivity contribution is 5.27. The molecular formula is C16H32. The number of benzene rings is 1. The van der Waals surface area contributed by atoms with Crippen molar-refractivity contribution in [2.75, 3.05) is 0 Å². The van der Waals surface area contributed by atoms with Crippen LogP contribution >= 0.6 is 0 Å². The first-order chi connectivity index (χ1) is 6.74. The van der Waals surface area contributed by atoms with Crippen LogP contribution in [0.3, 0.4) is 0 Å². The maximum Gasteiger partial charge on any atom is -0.0253 e. The van der Waals surface area contributed by atoms with E-state index in [-0.39, 0.29) is 14.9 Å². The summed E-state index contributed by atoms with van der Waals surface area (Å²) in [7, 11) is 0. The van der Waals surface area contributed by atoms with E-state index in [2.05, 4.69) is 45.0 Å². The molecule has 0 saturated carbocycles. The van der Waals surface area contributed by atoms with Gasteiger partial charge in [0.1, 0.15) is 0 Å². The number of aryl methyl sites for hydroxylation is 1. The molecule has 0 aliphatic carbocycles. The fourth-order valence-corrected chi connectivity index (χ4v) is 1.54. The summed E-state index contributed by atoms with van der Waals surface area (Å²) in [4.78, 5) is 0. The Kier molecular flexibility index (Phi) is 15.8. The van der Waals surface area contributed by atoms with Gasteiger partial charge in [0.2, 0.25) is 0 Å². The lowest BCUT2D eigenvalue weighted by Crippen LogP contribution is -1.97. The van der Waals surface area contributed by atoms with Crippen molar-refractivity contribution >= 4 is 0 Å². The molecule has 1 aromatic carbocycles. The van der Waals surface area contributed by atoms with E-state index < -0.39 is 0 Å². The predicted octanol–water partition coefficient (Wildman–Crippen LogP) is 5.75. The van der Waals surface area contributed by atoms with Crippen LogP contribution in [0.25, 0.3) is 0 Å². The lowest BCUT2D eigenvalue weighted by Gasteiger charge is -2.09. The second-order valence-electron chi connectivity index (χ2n) is 3.72. The van der Waals surface area contributed by atoms with E-state index in [0.29, 0.717) is 0 Å². The van der Waals surface area contributed by atoms with Crippen molar-refractivity contribution in [3.05, 3.63) is 35.4 Å². The summed E-state index contributed by atoms with van der Waals surface area (Å²) < 4.78 is 0. The largest absolute Gasteiger partial charge is 0.0776 e. The second-order valence-corrected chi connectivity index (χ2v) is 3.72. The van der Waals surface area contributed by atoms with Crippen LogP contribution in [0.4, 0.5) is 0 Å². The topological polar surface area (TPSA) is 0 Å². The van der Waals surface area contributed by atoms with Crippen molar-refractivity contribution in [3.63, 3.8) is 0 Å². The van der Waals surface area contributed by atoms with E-state index in [9.17, 15) is 0 Å². The van der Waals surface area contributed by atoms with Crippen LogP contribution in [0.1, 0.15) is 60.6 Å². The van der Waals surface area contributed by atoms with Crippen molar-refractivity contribution < 1.29 is 0 Å². The third-order valence-corrected chi connectivity index (χ3v) is 2.13. The summed E-state index contributed by atoms with van der Waals surface area (Å²) in [6.07, 6.45) is 2.37. The Balaban J connectivity index is -0.000000399. The van der Waals surface area contributed by atoms with Gasteiger partial charge in [0, 0.05) is 0 Å². The number of hydrogen-bond acceptors (Lipinski definition) is 0. The summed E-state index contributed by atoms with van der Waals surface area (Å²) in [6, 6.07) is 8.75. The molecule has 0 saturated heterocycles. The van der Waals surface area contributed by atoms with E-state index in [4.69, 9.17) is 0 Å². The van der Waals surface area contributed by atoms with E-state index in [1.165, 1.54) is 17.5 Å². The van der Waals surface area contributed by atoms with Gasteiger partial charge in [-0.3, -0.25) is 0 Å². The van der Waals surface area contributed by atoms with Gasteiger partial charge in [-0.15, -0.1) is 0 Å². The minimum Gasteiger partial charge on any atom is -0.0776 e. The van der Waals surface area contributed by atoms with Crippen LogP contribution in [0, 0.1) is 5.92 Å². The highest BCUT2D eigenvalue weighted by Crippen LogP contribution is 2.13. The van der Waals surface area contributed by atoms with Crippen molar-refractivity contribution in [1.29, 1.82) is 0 Å². The third-order valence-electron chi connectivity index (χ3n) is 2.13. The molecule has 0 aliphatic rings. The number of hydrogen-bond donors (Lipinski definition) is 0. The Bertz CT molecular complexity index is 236. The standard InChI is InChI=1S/C12H18.C2H6.2CH4/c1-4-11-7-5-6-8-12(11)9-10(2)3;1-2;;/h5-8,10H,4,9H2,1-3H3;1-2H3;2*1H4. The normalized spacial score (nSPS) is 8.38. The molecule has 0 fully saturated rings. The van der Waals surface area contributed by atoms with Crippen molar-refractivity contribution in [2.45, 2.75) is 62.3 Å². The summed E-state index contributed by atoms with van der Waals surface area (Å²) in [5, 5.41) is 0. The van der Waals surface area contributed by atoms with E-state index in [1.807, 2.05) is 13.8 Å². The molecule has 96 valence electrons. The van der Waals surface area contributed by atoms with Crippen LogP contribution in [0.15, 0.2) is 24.3 Å². The maximum atomic E-state index is 2.27. The average molecular weight is 224 g/mol. The van der Waals surface area contributed by atoms with E-state index in [0.717, 1.165) is 12.3 Å². The van der Waals surface area contributed by atoms with Crippen LogP contribution in [-0.4, -0.2) is 0 Å². The van der Waals surface area contributed by atoms with Crippen LogP contribution in [-0.2, 0) is 12.8 Å². The van der Waals surface area contributed by atoms with Crippen molar-refractivity contribution in [2.24, 2.45) is 5.92 Å². The first kappa shape index (κ1) is 20.6. The fourth-order valence-electron chi connectivity index (χ4n) is 1.54. The van der Waals surface area contributed by atoms with Gasteiger partial charge in [-0.1, -0.05) is 73.7 Å². The van der Waals surface area contributed by atoms with Crippen molar-refractivity contribution in [1.82, 2.24) is 0 Å². The molecule has 0 heterocycles. The third kappa shape index (κ3) is 7.50. The molecule has 0 nitrogen and oxygen atoms in total. The van der Waals surface area contributed by atoms with Crippen molar-refractivity contribution in [3.8, 4) is 0 Å². The highest BCUT2D eigenvalue weighted by Gasteiger charge is 2.01. The summed E-state index contributed by atoms with van der Waals surface area (Å²) in [6.45, 7) is 10.8. The molecule has 0 heteroatoms. The molecule has 0 unspecified atom stereocenters. The summed E-state index contributed by atoms with van der Waals surface area (Å²) in [5.74, 6) is 0.762. The van der Waals surface area contributed by atoms with Gasteiger partial charge in [-0.2, -0.15) is 0 Å². The van der Waals surface area contributed by atoms with Gasteiger partial charge >= 0.3 is 0 Å². The Morgan fingerprint density at radius 2 is 1.38 bits per heavy atom. The molecular weight excluding hydrogens is 192 g/mol. The van der Waals surface area contributed by atoms with E-state index in [1.54, 1.807) is 0 Å². The zero-order valence-corrected chi connectivity index (χ0v) is 10.3. The molecule has 0 amide bonds. The van der Waals surface area contributed by atoms with Gasteiger partial charge in [0.15, 0.2) is 0 Å². The minimum atomic E-state index is 0.